The van der Waals surface area contributed by atoms with E-state index in [-0.39, 0.29) is 33.9 Å². The Labute approximate surface area is 725 Å². The van der Waals surface area contributed by atoms with E-state index in [0.717, 1.165) is 42.0 Å². The minimum absolute atomic E-state index is 0.000000000000000222. The fourth-order valence-corrected chi connectivity index (χ4v) is 11.0. The number of aryl methyl sites for hydroxylation is 3. The zero-order chi connectivity index (χ0) is 93.2. The number of non-ortho nitro benzene ring substituents is 2. The molecule has 11 rings (SSSR count). The number of hydrogen-bond donors (Lipinski definition) is 1. The number of carbonyl (C=O) groups is 1. The lowest BCUT2D eigenvalue weighted by Crippen LogP contribution is -2.25. The Morgan fingerprint density at radius 1 is 0.521 bits per heavy atom. The summed E-state index contributed by atoms with van der Waals surface area (Å²) >= 11 is 0. The lowest BCUT2D eigenvalue weighted by Gasteiger charge is -2.31. The van der Waals surface area contributed by atoms with Crippen molar-refractivity contribution in [3.63, 3.8) is 0 Å². The van der Waals surface area contributed by atoms with Crippen molar-refractivity contribution >= 4 is 53.1 Å². The molecular weight excluding hydrogens is 1590 g/mol. The van der Waals surface area contributed by atoms with Gasteiger partial charge in [0.2, 0.25) is 5.82 Å². The Bertz CT molecular complexity index is 4250. The predicted octanol–water partition coefficient (Wildman–Crippen LogP) is 29.5. The molecule has 1 N–H and O–H groups in total. The molecular formula is C101H140F5N2O10PSSi. The molecule has 0 radical (unpaired) electrons. The van der Waals surface area contributed by atoms with Crippen molar-refractivity contribution < 1.29 is 58.9 Å². The first-order chi connectivity index (χ1) is 56.7. The van der Waals surface area contributed by atoms with E-state index in [9.17, 15) is 60.0 Å². The SMILES string of the molecule is C=CC.C=CCC.CC(=O)c1ccc([N+](=O)[O-])cc1.CC(C)(C)C.CC(c1ccccc1)(c1ccccc1)c1ccccc1.CC1CCCCO1.CCC.CCC.CCc1c(F)c(F)c(F)c(F)c1F.CCc1ccc([N+](=O)[O-])cc1.CCc1ccccc1.CP(=O)(c1ccccc1)c1ccccc1.CS(=O)(=O)O.C[Si](C)(C)C.Cc1ccccc1. The maximum absolute atomic E-state index is 12.7. The number of Topliss-reactive ketones (excluding diaryl/α,β-unsaturated/α-hetero) is 1. The molecule has 10 aromatic carbocycles. The van der Waals surface area contributed by atoms with Crippen molar-refractivity contribution in [2.24, 2.45) is 5.41 Å². The van der Waals surface area contributed by atoms with Gasteiger partial charge in [0.15, 0.2) is 29.1 Å². The van der Waals surface area contributed by atoms with Gasteiger partial charge in [0.05, 0.1) is 22.2 Å². The van der Waals surface area contributed by atoms with Gasteiger partial charge < -0.3 is 9.30 Å². The normalized spacial score (nSPS) is 11.3. The summed E-state index contributed by atoms with van der Waals surface area (Å²) in [6.07, 6.45) is 14.2. The van der Waals surface area contributed by atoms with Crippen molar-refractivity contribution in [1.29, 1.82) is 0 Å². The lowest BCUT2D eigenvalue weighted by atomic mass is 9.71. The van der Waals surface area contributed by atoms with E-state index in [2.05, 4.69) is 257 Å². The predicted molar refractivity (Wildman–Crippen MR) is 508 cm³/mol. The van der Waals surface area contributed by atoms with Crippen LogP contribution in [0.3, 0.4) is 0 Å². The number of ether oxygens (including phenoxy) is 1. The molecule has 12 nitrogen and oxygen atoms in total. The van der Waals surface area contributed by atoms with Crippen LogP contribution in [0.5, 0.6) is 0 Å². The third kappa shape index (κ3) is 59.5. The number of allylic oxidation sites excluding steroid dienone is 2. The van der Waals surface area contributed by atoms with Gasteiger partial charge in [0.1, 0.15) is 7.14 Å². The highest BCUT2D eigenvalue weighted by atomic mass is 32.2. The zero-order valence-corrected chi connectivity index (χ0v) is 79.0. The molecule has 1 aliphatic heterocycles. The molecule has 0 saturated carbocycles. The summed E-state index contributed by atoms with van der Waals surface area (Å²) in [7, 11) is -6.68. The number of nitro groups is 2. The second kappa shape index (κ2) is 67.7. The maximum Gasteiger partial charge on any atom is 0.269 e. The average molecular weight is 1730 g/mol. The fraction of sp³-hybridized carbons (Fsp3) is 0.356. The van der Waals surface area contributed by atoms with Crippen molar-refractivity contribution in [2.75, 3.05) is 19.5 Å². The zero-order valence-electron chi connectivity index (χ0n) is 76.3. The highest BCUT2D eigenvalue weighted by molar-refractivity contribution is 7.85. The second-order valence-corrected chi connectivity index (χ2v) is 41.1. The minimum atomic E-state index is -3.67. The number of hydrogen-bond acceptors (Lipinski definition) is 9. The molecule has 0 spiro atoms. The van der Waals surface area contributed by atoms with E-state index >= 15 is 0 Å². The fourth-order valence-electron chi connectivity index (χ4n) is 9.17. The Kier molecular flexibility index (Phi) is 65.7. The van der Waals surface area contributed by atoms with E-state index in [0.29, 0.717) is 23.3 Å². The van der Waals surface area contributed by atoms with Gasteiger partial charge in [-0.05, 0) is 132 Å². The highest BCUT2D eigenvalue weighted by Gasteiger charge is 2.31. The second-order valence-electron chi connectivity index (χ2n) is 30.8. The van der Waals surface area contributed by atoms with Crippen LogP contribution in [-0.2, 0) is 44.1 Å². The molecule has 664 valence electrons. The summed E-state index contributed by atoms with van der Waals surface area (Å²) in [5, 5.41) is 22.2. The van der Waals surface area contributed by atoms with Crippen molar-refractivity contribution in [3.05, 3.63) is 380 Å². The number of nitrogens with zero attached hydrogens (tertiary/aromatic N) is 2. The van der Waals surface area contributed by atoms with Crippen LogP contribution in [0.2, 0.25) is 26.2 Å². The lowest BCUT2D eigenvalue weighted by molar-refractivity contribution is -0.385. The Morgan fingerprint density at radius 2 is 0.777 bits per heavy atom. The minimum Gasteiger partial charge on any atom is -0.379 e. The molecule has 1 atom stereocenters. The number of nitro benzene ring substituents is 2. The van der Waals surface area contributed by atoms with E-state index in [1.807, 2.05) is 112 Å². The number of benzene rings is 10. The van der Waals surface area contributed by atoms with Gasteiger partial charge in [-0.1, -0.05) is 364 Å². The molecule has 1 aliphatic rings. The molecule has 1 saturated heterocycles. The number of carbonyl (C=O) groups excluding carboxylic acids is 1. The monoisotopic (exact) mass is 1730 g/mol. The highest BCUT2D eigenvalue weighted by Crippen LogP contribution is 2.39. The van der Waals surface area contributed by atoms with Gasteiger partial charge in [0, 0.05) is 66.1 Å². The molecule has 10 aromatic rings. The van der Waals surface area contributed by atoms with E-state index in [1.54, 1.807) is 18.2 Å². The van der Waals surface area contributed by atoms with Crippen molar-refractivity contribution in [3.8, 4) is 0 Å². The number of ketones is 1. The summed E-state index contributed by atoms with van der Waals surface area (Å²) in [6.45, 7) is 53.6. The van der Waals surface area contributed by atoms with Crippen LogP contribution in [0.4, 0.5) is 33.3 Å². The largest absolute Gasteiger partial charge is 0.379 e. The van der Waals surface area contributed by atoms with Crippen LogP contribution < -0.4 is 10.6 Å². The molecule has 0 aliphatic carbocycles. The molecule has 121 heavy (non-hydrogen) atoms. The standard InChI is InChI=1S/C20H18.C13H13OP.C8H5F5.C8H7NO3.C8H9NO2.C8H10.C7H8.C6H12O.C5H12.C4H12Si.C4H8.2C3H8.C3H6.CH4O3S/c1-20(17-11-5-2-6-12-17,18-13-7-3-8-14-18)19-15-9-4-10-16-19;1-15(14,12-8-4-2-5-9-12)13-10-6-3-7-11-13;1-2-3-4(9)6(11)8(13)7(12)5(3)10;1-6(10)7-2-4-8(5-3-7)9(11)12;1-2-7-3-5-8(6-4-7)9(10)11;1-2-8-6-4-3-5-7-8;1-7-5-3-2-4-6-7;1-6-4-2-3-5-7-6;2*1-5(2,3)4;1-3-4-2;3*1-3-2;1-5(2,3)4/h2-16H,1H3;2-11H,1H3;2H2,1H3;2-5H,1H3;3-6H,2H2,1H3;3-7H,2H2,1H3;2-6H,1H3;6H,2-5H2,1H3;2*1-4H3;3H,1,4H2,2H3;2*3H2,1-2H3;3H,1H2,2H3;1H3,(H,2,3,4). The topological polar surface area (TPSA) is 184 Å². The van der Waals surface area contributed by atoms with Crippen LogP contribution in [0.15, 0.2) is 286 Å². The van der Waals surface area contributed by atoms with Crippen LogP contribution >= 0.6 is 7.14 Å². The quantitative estimate of drug-likeness (QED) is 0.0106. The van der Waals surface area contributed by atoms with E-state index in [1.165, 1.54) is 110 Å². The maximum atomic E-state index is 12.7. The third-order valence-corrected chi connectivity index (χ3v) is 17.7. The summed E-state index contributed by atoms with van der Waals surface area (Å²) < 4.78 is 106. The number of halogens is 5. The van der Waals surface area contributed by atoms with E-state index in [4.69, 9.17) is 9.29 Å². The average Bonchev–Trinajstić information content (AvgIpc) is 0.784. The van der Waals surface area contributed by atoms with Crippen molar-refractivity contribution in [1.82, 2.24) is 0 Å². The first-order valence-electron chi connectivity index (χ1n) is 40.9. The molecule has 1 unspecified atom stereocenters. The first kappa shape index (κ1) is 117. The summed E-state index contributed by atoms with van der Waals surface area (Å²) in [4.78, 5) is 30.3. The van der Waals surface area contributed by atoms with Gasteiger partial charge in [-0.3, -0.25) is 29.6 Å². The Balaban J connectivity index is -0.000000628. The molecule has 0 aromatic heterocycles. The molecule has 20 heteroatoms. The smallest absolute Gasteiger partial charge is 0.269 e. The molecule has 1 heterocycles. The van der Waals surface area contributed by atoms with Crippen LogP contribution in [-0.4, -0.2) is 62.3 Å². The van der Waals surface area contributed by atoms with Gasteiger partial charge in [-0.15, -0.1) is 13.2 Å². The summed E-state index contributed by atoms with van der Waals surface area (Å²) in [6, 6.07) is 84.2. The Morgan fingerprint density at radius 3 is 0.983 bits per heavy atom. The van der Waals surface area contributed by atoms with Gasteiger partial charge in [-0.25, -0.2) is 22.0 Å². The van der Waals surface area contributed by atoms with Gasteiger partial charge in [0.25, 0.3) is 21.5 Å². The van der Waals surface area contributed by atoms with Crippen LogP contribution in [0.25, 0.3) is 0 Å². The number of rotatable bonds is 12. The van der Waals surface area contributed by atoms with Crippen LogP contribution in [0.1, 0.15) is 199 Å². The first-order valence-corrected chi connectivity index (χ1v) is 48.9. The van der Waals surface area contributed by atoms with E-state index < -0.39 is 64.9 Å². The van der Waals surface area contributed by atoms with Crippen molar-refractivity contribution in [2.45, 2.75) is 213 Å². The third-order valence-electron chi connectivity index (χ3n) is 15.1. The van der Waals surface area contributed by atoms with Crippen LogP contribution in [0, 0.1) is 61.7 Å². The molecule has 0 amide bonds. The van der Waals surface area contributed by atoms with Gasteiger partial charge in [-0.2, -0.15) is 8.42 Å². The summed E-state index contributed by atoms with van der Waals surface area (Å²) in [5.74, 6) is -9.50. The summed E-state index contributed by atoms with van der Waals surface area (Å²) in [5.41, 5.74) is 8.04. The Hall–Kier alpha value is -9.88. The molecule has 1 fully saturated rings. The van der Waals surface area contributed by atoms with Gasteiger partial charge >= 0.3 is 0 Å². The molecule has 0 bridgehead atoms.